The van der Waals surface area contributed by atoms with E-state index >= 15 is 0 Å². The van der Waals surface area contributed by atoms with Crippen molar-refractivity contribution in [2.24, 2.45) is 7.05 Å². The Morgan fingerprint density at radius 3 is 2.88 bits per heavy atom. The van der Waals surface area contributed by atoms with Crippen LogP contribution in [0.25, 0.3) is 0 Å². The Bertz CT molecular complexity index is 652. The van der Waals surface area contributed by atoms with Gasteiger partial charge in [0.15, 0.2) is 0 Å². The van der Waals surface area contributed by atoms with E-state index in [2.05, 4.69) is 39.5 Å². The van der Waals surface area contributed by atoms with Crippen molar-refractivity contribution >= 4 is 5.91 Å². The summed E-state index contributed by atoms with van der Waals surface area (Å²) in [5.41, 5.74) is 1.27. The number of benzene rings is 1. The number of nitrogens with one attached hydrogen (secondary N) is 1. The highest BCUT2D eigenvalue weighted by atomic mass is 16.2. The molecule has 0 spiro atoms. The molecule has 0 radical (unpaired) electrons. The van der Waals surface area contributed by atoms with Gasteiger partial charge in [-0.25, -0.2) is 4.98 Å². The first-order valence-electron chi connectivity index (χ1n) is 8.76. The predicted molar refractivity (Wildman–Crippen MR) is 94.4 cm³/mol. The average molecular weight is 326 g/mol. The van der Waals surface area contributed by atoms with Crippen LogP contribution in [-0.4, -0.2) is 39.5 Å². The molecule has 1 saturated heterocycles. The zero-order valence-corrected chi connectivity index (χ0v) is 14.3. The molecule has 5 nitrogen and oxygen atoms in total. The molecule has 0 aliphatic carbocycles. The van der Waals surface area contributed by atoms with Gasteiger partial charge in [-0.15, -0.1) is 0 Å². The van der Waals surface area contributed by atoms with Gasteiger partial charge >= 0.3 is 0 Å². The lowest BCUT2D eigenvalue weighted by Gasteiger charge is -2.34. The molecule has 1 aliphatic rings. The minimum absolute atomic E-state index is 0.0136. The first kappa shape index (κ1) is 16.7. The maximum Gasteiger partial charge on any atom is 0.237 e. The third-order valence-electron chi connectivity index (χ3n) is 4.71. The first-order valence-corrected chi connectivity index (χ1v) is 8.76. The minimum Gasteiger partial charge on any atom is -0.354 e. The van der Waals surface area contributed by atoms with Crippen molar-refractivity contribution in [1.29, 1.82) is 0 Å². The molecular weight excluding hydrogens is 300 g/mol. The highest BCUT2D eigenvalue weighted by molar-refractivity contribution is 5.81. The van der Waals surface area contributed by atoms with E-state index in [-0.39, 0.29) is 11.9 Å². The molecule has 0 saturated carbocycles. The topological polar surface area (TPSA) is 50.2 Å². The van der Waals surface area contributed by atoms with Crippen molar-refractivity contribution < 1.29 is 4.79 Å². The maximum absolute atomic E-state index is 12.6. The number of hydrogen-bond donors (Lipinski definition) is 1. The van der Waals surface area contributed by atoms with Crippen LogP contribution in [0.4, 0.5) is 0 Å². The fraction of sp³-hybridized carbons (Fsp3) is 0.474. The Hall–Kier alpha value is -2.14. The Morgan fingerprint density at radius 2 is 2.12 bits per heavy atom. The van der Waals surface area contributed by atoms with Gasteiger partial charge in [-0.3, -0.25) is 9.69 Å². The molecule has 1 N–H and O–H groups in total. The summed E-state index contributed by atoms with van der Waals surface area (Å²) in [5, 5.41) is 3.10. The number of nitrogens with zero attached hydrogens (tertiary/aromatic N) is 3. The highest BCUT2D eigenvalue weighted by Crippen LogP contribution is 2.19. The van der Waals surface area contributed by atoms with Crippen LogP contribution < -0.4 is 5.32 Å². The van der Waals surface area contributed by atoms with Crippen LogP contribution >= 0.6 is 0 Å². The van der Waals surface area contributed by atoms with Crippen molar-refractivity contribution in [3.63, 3.8) is 0 Å². The van der Waals surface area contributed by atoms with Gasteiger partial charge in [-0.1, -0.05) is 36.8 Å². The molecule has 1 aromatic heterocycles. The fourth-order valence-corrected chi connectivity index (χ4v) is 3.35. The Balaban J connectivity index is 1.54. The van der Waals surface area contributed by atoms with E-state index in [4.69, 9.17) is 0 Å². The summed E-state index contributed by atoms with van der Waals surface area (Å²) in [5.74, 6) is 1.15. The summed E-state index contributed by atoms with van der Waals surface area (Å²) in [6.07, 6.45) is 7.73. The maximum atomic E-state index is 12.6. The quantitative estimate of drug-likeness (QED) is 0.885. The smallest absolute Gasteiger partial charge is 0.237 e. The largest absolute Gasteiger partial charge is 0.354 e. The van der Waals surface area contributed by atoms with E-state index in [1.165, 1.54) is 12.0 Å². The second-order valence-corrected chi connectivity index (χ2v) is 6.46. The van der Waals surface area contributed by atoms with Gasteiger partial charge in [0.2, 0.25) is 5.91 Å². The molecule has 1 aromatic carbocycles. The number of carbonyl (C=O) groups excluding carboxylic acids is 1. The highest BCUT2D eigenvalue weighted by Gasteiger charge is 2.28. The van der Waals surface area contributed by atoms with Gasteiger partial charge in [0.25, 0.3) is 0 Å². The average Bonchev–Trinajstić information content (AvgIpc) is 3.01. The first-order chi connectivity index (χ1) is 11.7. The Labute approximate surface area is 143 Å². The third-order valence-corrected chi connectivity index (χ3v) is 4.71. The molecule has 1 amide bonds. The number of carbonyl (C=O) groups is 1. The van der Waals surface area contributed by atoms with Crippen LogP contribution in [0.2, 0.25) is 0 Å². The number of likely N-dealkylation sites (tertiary alicyclic amines) is 1. The summed E-state index contributed by atoms with van der Waals surface area (Å²) in [6.45, 7) is 2.48. The van der Waals surface area contributed by atoms with Crippen LogP contribution in [0, 0.1) is 0 Å². The second-order valence-electron chi connectivity index (χ2n) is 6.46. The van der Waals surface area contributed by atoms with E-state index in [0.29, 0.717) is 6.54 Å². The molecule has 1 fully saturated rings. The Kier molecular flexibility index (Phi) is 5.64. The molecule has 1 aliphatic heterocycles. The van der Waals surface area contributed by atoms with Gasteiger partial charge in [-0.2, -0.15) is 0 Å². The van der Waals surface area contributed by atoms with E-state index in [1.807, 2.05) is 23.9 Å². The monoisotopic (exact) mass is 326 g/mol. The van der Waals surface area contributed by atoms with Gasteiger partial charge in [0.1, 0.15) is 5.82 Å². The molecular formula is C19H26N4O. The summed E-state index contributed by atoms with van der Waals surface area (Å²) in [4.78, 5) is 19.2. The summed E-state index contributed by atoms with van der Waals surface area (Å²) in [6, 6.07) is 10.4. The lowest BCUT2D eigenvalue weighted by atomic mass is 10.0. The van der Waals surface area contributed by atoms with Crippen molar-refractivity contribution in [3.8, 4) is 0 Å². The number of amides is 1. The van der Waals surface area contributed by atoms with Gasteiger partial charge in [0.05, 0.1) is 6.04 Å². The van der Waals surface area contributed by atoms with Crippen LogP contribution in [0.3, 0.4) is 0 Å². The molecule has 1 atom stereocenters. The van der Waals surface area contributed by atoms with E-state index in [0.717, 1.165) is 38.2 Å². The molecule has 0 unspecified atom stereocenters. The van der Waals surface area contributed by atoms with Crippen molar-refractivity contribution in [2.45, 2.75) is 38.3 Å². The fourth-order valence-electron chi connectivity index (χ4n) is 3.35. The number of aryl methyl sites for hydroxylation is 1. The van der Waals surface area contributed by atoms with Crippen molar-refractivity contribution in [1.82, 2.24) is 19.8 Å². The molecule has 24 heavy (non-hydrogen) atoms. The second kappa shape index (κ2) is 8.11. The number of rotatable bonds is 6. The lowest BCUT2D eigenvalue weighted by Crippen LogP contribution is -2.49. The normalized spacial score (nSPS) is 18.5. The van der Waals surface area contributed by atoms with Crippen LogP contribution in [0.15, 0.2) is 42.7 Å². The minimum atomic E-state index is -0.0136. The molecule has 5 heteroatoms. The SMILES string of the molecule is Cn1ccnc1CCNC(=O)[C@@H]1CCCCN1Cc1ccccc1. The third kappa shape index (κ3) is 4.23. The standard InChI is InChI=1S/C19H26N4O/c1-22-14-12-20-18(22)10-11-21-19(24)17-9-5-6-13-23(17)15-16-7-3-2-4-8-16/h2-4,7-8,12,14,17H,5-6,9-11,13,15H2,1H3,(H,21,24)/t17-/m0/s1. The zero-order chi connectivity index (χ0) is 16.8. The number of imidazole rings is 1. The van der Waals surface area contributed by atoms with Crippen LogP contribution in [0.1, 0.15) is 30.7 Å². The zero-order valence-electron chi connectivity index (χ0n) is 14.3. The summed E-state index contributed by atoms with van der Waals surface area (Å²) >= 11 is 0. The lowest BCUT2D eigenvalue weighted by molar-refractivity contribution is -0.127. The van der Waals surface area contributed by atoms with Crippen LogP contribution in [0.5, 0.6) is 0 Å². The van der Waals surface area contributed by atoms with Gasteiger partial charge in [0, 0.05) is 39.0 Å². The molecule has 2 heterocycles. The number of hydrogen-bond acceptors (Lipinski definition) is 3. The van der Waals surface area contributed by atoms with E-state index < -0.39 is 0 Å². The molecule has 2 aromatic rings. The van der Waals surface area contributed by atoms with Crippen LogP contribution in [-0.2, 0) is 24.8 Å². The summed E-state index contributed by atoms with van der Waals surface area (Å²) in [7, 11) is 1.98. The number of piperidine rings is 1. The van der Waals surface area contributed by atoms with E-state index in [9.17, 15) is 4.79 Å². The molecule has 3 rings (SSSR count). The summed E-state index contributed by atoms with van der Waals surface area (Å²) < 4.78 is 1.99. The van der Waals surface area contributed by atoms with Gasteiger partial charge in [-0.05, 0) is 24.9 Å². The number of aromatic nitrogens is 2. The van der Waals surface area contributed by atoms with Crippen molar-refractivity contribution in [2.75, 3.05) is 13.1 Å². The van der Waals surface area contributed by atoms with E-state index in [1.54, 1.807) is 6.20 Å². The predicted octanol–water partition coefficient (Wildman–Crippen LogP) is 2.13. The van der Waals surface area contributed by atoms with Crippen molar-refractivity contribution in [3.05, 3.63) is 54.1 Å². The molecule has 0 bridgehead atoms. The van der Waals surface area contributed by atoms with Gasteiger partial charge < -0.3 is 9.88 Å². The Morgan fingerprint density at radius 1 is 1.29 bits per heavy atom. The molecule has 128 valence electrons.